The van der Waals surface area contributed by atoms with Crippen LogP contribution >= 0.6 is 0 Å². The van der Waals surface area contributed by atoms with Crippen LogP contribution in [0.3, 0.4) is 0 Å². The Balaban J connectivity index is 0.00000149. The first-order valence-corrected chi connectivity index (χ1v) is 9.83. The highest BCUT2D eigenvalue weighted by atomic mass is 15.4. The van der Waals surface area contributed by atoms with Crippen molar-refractivity contribution < 1.29 is 0 Å². The lowest BCUT2D eigenvalue weighted by molar-refractivity contribution is -0.000844. The van der Waals surface area contributed by atoms with E-state index in [1.807, 2.05) is 5.01 Å². The summed E-state index contributed by atoms with van der Waals surface area (Å²) < 4.78 is 0. The van der Waals surface area contributed by atoms with E-state index < -0.39 is 0 Å². The summed E-state index contributed by atoms with van der Waals surface area (Å²) >= 11 is 0. The number of rotatable bonds is 5. The summed E-state index contributed by atoms with van der Waals surface area (Å²) in [6.07, 6.45) is 6.00. The summed E-state index contributed by atoms with van der Waals surface area (Å²) in [4.78, 5) is 0. The summed E-state index contributed by atoms with van der Waals surface area (Å²) in [6.45, 7) is 22.9. The summed E-state index contributed by atoms with van der Waals surface area (Å²) in [7, 11) is 0. The summed E-state index contributed by atoms with van der Waals surface area (Å²) in [6, 6.07) is 0. The van der Waals surface area contributed by atoms with Gasteiger partial charge in [0.15, 0.2) is 0 Å². The number of hydrogen-bond donors (Lipinski definition) is 1. The van der Waals surface area contributed by atoms with Crippen molar-refractivity contribution in [1.82, 2.24) is 5.01 Å². The number of hydrogen-bond acceptors (Lipinski definition) is 2. The monoisotopic (exact) mass is 324 g/mol. The molecule has 2 N–H and O–H groups in total. The molecule has 2 unspecified atom stereocenters. The highest BCUT2D eigenvalue weighted by molar-refractivity contribution is 5.22. The first kappa shape index (κ1) is 22.7. The minimum absolute atomic E-state index is 0.311. The van der Waals surface area contributed by atoms with Crippen LogP contribution in [0.25, 0.3) is 0 Å². The smallest absolute Gasteiger partial charge is 0.0199 e. The molecule has 1 saturated heterocycles. The molecule has 23 heavy (non-hydrogen) atoms. The zero-order valence-corrected chi connectivity index (χ0v) is 17.6. The molecule has 2 heteroatoms. The molecule has 0 saturated carbocycles. The molecule has 0 amide bonds. The number of hydrazine groups is 1. The van der Waals surface area contributed by atoms with E-state index in [-0.39, 0.29) is 0 Å². The van der Waals surface area contributed by atoms with Gasteiger partial charge in [-0.3, -0.25) is 5.84 Å². The third-order valence-electron chi connectivity index (χ3n) is 6.52. The molecule has 0 aromatic rings. The highest BCUT2D eigenvalue weighted by Gasteiger charge is 2.47. The molecular weight excluding hydrogens is 280 g/mol. The maximum absolute atomic E-state index is 6.18. The Labute approximate surface area is 146 Å². The van der Waals surface area contributed by atoms with Crippen molar-refractivity contribution in [3.05, 3.63) is 11.1 Å². The third kappa shape index (κ3) is 5.32. The maximum atomic E-state index is 6.18. The topological polar surface area (TPSA) is 29.3 Å². The van der Waals surface area contributed by atoms with Crippen molar-refractivity contribution in [2.75, 3.05) is 13.1 Å². The average Bonchev–Trinajstić information content (AvgIpc) is 2.53. The summed E-state index contributed by atoms with van der Waals surface area (Å²) in [5, 5.41) is 2.04. The zero-order chi connectivity index (χ0) is 18.3. The van der Waals surface area contributed by atoms with Gasteiger partial charge >= 0.3 is 0 Å². The zero-order valence-electron chi connectivity index (χ0n) is 17.6. The first-order chi connectivity index (χ1) is 10.6. The molecule has 138 valence electrons. The van der Waals surface area contributed by atoms with Crippen molar-refractivity contribution in [3.63, 3.8) is 0 Å². The van der Waals surface area contributed by atoms with E-state index in [1.54, 1.807) is 11.1 Å². The molecular formula is C21H44N2. The van der Waals surface area contributed by atoms with Crippen LogP contribution in [0.4, 0.5) is 0 Å². The van der Waals surface area contributed by atoms with Crippen molar-refractivity contribution in [1.29, 1.82) is 0 Å². The molecule has 1 aliphatic heterocycles. The van der Waals surface area contributed by atoms with Gasteiger partial charge in [-0.2, -0.15) is 0 Å². The van der Waals surface area contributed by atoms with Gasteiger partial charge in [0.25, 0.3) is 0 Å². The maximum Gasteiger partial charge on any atom is 0.0199 e. The summed E-state index contributed by atoms with van der Waals surface area (Å²) in [5.74, 6) is 6.77. The third-order valence-corrected chi connectivity index (χ3v) is 6.52. The lowest BCUT2D eigenvalue weighted by Gasteiger charge is -2.52. The van der Waals surface area contributed by atoms with Gasteiger partial charge in [0.1, 0.15) is 0 Å². The molecule has 0 aromatic carbocycles. The van der Waals surface area contributed by atoms with Gasteiger partial charge in [0.05, 0.1) is 0 Å². The van der Waals surface area contributed by atoms with Gasteiger partial charge in [0, 0.05) is 19.0 Å². The van der Waals surface area contributed by atoms with Crippen LogP contribution < -0.4 is 5.84 Å². The molecule has 1 heterocycles. The SMILES string of the molecule is CC/C(C)=C1/CCN(N)CC1C(C)(CC)C(C)(C)CC.CCC. The largest absolute Gasteiger partial charge is 0.269 e. The summed E-state index contributed by atoms with van der Waals surface area (Å²) in [5.41, 5.74) is 3.94. The molecule has 1 aliphatic rings. The van der Waals surface area contributed by atoms with E-state index in [2.05, 4.69) is 62.3 Å². The number of piperidine rings is 1. The lowest BCUT2D eigenvalue weighted by Crippen LogP contribution is -2.51. The Hall–Kier alpha value is -0.340. The number of nitrogens with zero attached hydrogens (tertiary/aromatic N) is 1. The van der Waals surface area contributed by atoms with Crippen LogP contribution in [-0.4, -0.2) is 18.1 Å². The first-order valence-electron chi connectivity index (χ1n) is 9.83. The van der Waals surface area contributed by atoms with Gasteiger partial charge in [-0.05, 0) is 37.0 Å². The van der Waals surface area contributed by atoms with Crippen molar-refractivity contribution in [2.45, 2.75) is 94.4 Å². The predicted octanol–water partition coefficient (Wildman–Crippen LogP) is 6.18. The van der Waals surface area contributed by atoms with Gasteiger partial charge < -0.3 is 0 Å². The standard InChI is InChI=1S/C18H36N2.C3H8/c1-8-14(4)15-11-12-20(19)13-16(15)18(7,10-3)17(5,6)9-2;1-3-2/h16H,8-13,19H2,1-7H3;3H2,1-2H3/b15-14-;. The average molecular weight is 325 g/mol. The van der Waals surface area contributed by atoms with Gasteiger partial charge in [0.2, 0.25) is 0 Å². The van der Waals surface area contributed by atoms with Crippen LogP contribution in [0.2, 0.25) is 0 Å². The van der Waals surface area contributed by atoms with E-state index in [0.29, 0.717) is 16.7 Å². The molecule has 2 atom stereocenters. The quantitative estimate of drug-likeness (QED) is 0.483. The molecule has 1 fully saturated rings. The van der Waals surface area contributed by atoms with Gasteiger partial charge in [-0.25, -0.2) is 5.01 Å². The molecule has 2 nitrogen and oxygen atoms in total. The Morgan fingerprint density at radius 1 is 1.09 bits per heavy atom. The molecule has 0 spiro atoms. The molecule has 1 rings (SSSR count). The van der Waals surface area contributed by atoms with Crippen LogP contribution in [0.5, 0.6) is 0 Å². The van der Waals surface area contributed by atoms with E-state index >= 15 is 0 Å². The fraction of sp³-hybridized carbons (Fsp3) is 0.905. The molecule has 0 aliphatic carbocycles. The van der Waals surface area contributed by atoms with E-state index in [0.717, 1.165) is 19.5 Å². The lowest BCUT2D eigenvalue weighted by atomic mass is 9.54. The minimum atomic E-state index is 0.311. The second-order valence-corrected chi connectivity index (χ2v) is 8.17. The van der Waals surface area contributed by atoms with Crippen LogP contribution in [-0.2, 0) is 0 Å². The van der Waals surface area contributed by atoms with Crippen LogP contribution in [0.15, 0.2) is 11.1 Å². The van der Waals surface area contributed by atoms with Gasteiger partial charge in [-0.15, -0.1) is 0 Å². The predicted molar refractivity (Wildman–Crippen MR) is 105 cm³/mol. The second kappa shape index (κ2) is 9.84. The minimum Gasteiger partial charge on any atom is -0.269 e. The number of allylic oxidation sites excluding steroid dienone is 1. The molecule has 0 radical (unpaired) electrons. The van der Waals surface area contributed by atoms with Crippen molar-refractivity contribution in [3.8, 4) is 0 Å². The Morgan fingerprint density at radius 2 is 1.61 bits per heavy atom. The van der Waals surface area contributed by atoms with E-state index in [4.69, 9.17) is 5.84 Å². The fourth-order valence-corrected chi connectivity index (χ4v) is 3.80. The molecule has 0 aromatic heterocycles. The van der Waals surface area contributed by atoms with Crippen molar-refractivity contribution >= 4 is 0 Å². The van der Waals surface area contributed by atoms with Crippen molar-refractivity contribution in [2.24, 2.45) is 22.6 Å². The van der Waals surface area contributed by atoms with E-state index in [9.17, 15) is 0 Å². The van der Waals surface area contributed by atoms with Gasteiger partial charge in [-0.1, -0.05) is 79.4 Å². The second-order valence-electron chi connectivity index (χ2n) is 8.17. The molecule has 0 bridgehead atoms. The highest BCUT2D eigenvalue weighted by Crippen LogP contribution is 2.53. The number of nitrogens with two attached hydrogens (primary N) is 1. The van der Waals surface area contributed by atoms with Crippen LogP contribution in [0.1, 0.15) is 94.4 Å². The fourth-order valence-electron chi connectivity index (χ4n) is 3.80. The van der Waals surface area contributed by atoms with Crippen LogP contribution in [0, 0.1) is 16.7 Å². The Kier molecular flexibility index (Phi) is 9.69. The Bertz CT molecular complexity index is 370. The normalized spacial score (nSPS) is 24.5. The van der Waals surface area contributed by atoms with E-state index in [1.165, 1.54) is 25.7 Å². The Morgan fingerprint density at radius 3 is 2.00 bits per heavy atom.